The van der Waals surface area contributed by atoms with Crippen LogP contribution in [0.15, 0.2) is 40.9 Å². The second-order valence-electron chi connectivity index (χ2n) is 8.09. The number of hydrogen-bond donors (Lipinski definition) is 1. The van der Waals surface area contributed by atoms with Crippen LogP contribution in [0.5, 0.6) is 0 Å². The van der Waals surface area contributed by atoms with Gasteiger partial charge >= 0.3 is 11.9 Å². The zero-order chi connectivity index (χ0) is 21.0. The highest BCUT2D eigenvalue weighted by Gasteiger charge is 2.52. The molecule has 0 amide bonds. The molecule has 1 heterocycles. The standard InChI is InChI=1S/C24H21NO5/c1-13-20(22(26)27)21(30-25-13)16-5-7-18-14(11-16)3-4-15-12-17(6-8-19(15)18)24(9-10-24)23(28)29-2/h5-8,11-12H,3-4,9-10H2,1-2H3,(H,26,27). The first-order valence-electron chi connectivity index (χ1n) is 9.99. The van der Waals surface area contributed by atoms with Crippen molar-refractivity contribution in [2.24, 2.45) is 0 Å². The van der Waals surface area contributed by atoms with Crippen molar-refractivity contribution in [3.8, 4) is 22.5 Å². The highest BCUT2D eigenvalue weighted by molar-refractivity contribution is 5.95. The van der Waals surface area contributed by atoms with Crippen LogP contribution < -0.4 is 0 Å². The number of rotatable bonds is 4. The van der Waals surface area contributed by atoms with Crippen LogP contribution in [0.25, 0.3) is 22.5 Å². The number of aryl methyl sites for hydroxylation is 3. The summed E-state index contributed by atoms with van der Waals surface area (Å²) in [6.45, 7) is 1.63. The van der Waals surface area contributed by atoms with Gasteiger partial charge in [0.15, 0.2) is 5.76 Å². The van der Waals surface area contributed by atoms with Crippen LogP contribution in [0.3, 0.4) is 0 Å². The maximum atomic E-state index is 12.2. The van der Waals surface area contributed by atoms with E-state index in [2.05, 4.69) is 17.3 Å². The van der Waals surface area contributed by atoms with Crippen LogP contribution in [0.1, 0.15) is 45.6 Å². The molecular formula is C24H21NO5. The average molecular weight is 403 g/mol. The molecule has 0 aliphatic heterocycles. The molecule has 0 unspecified atom stereocenters. The predicted molar refractivity (Wildman–Crippen MR) is 109 cm³/mol. The SMILES string of the molecule is COC(=O)C1(c2ccc3c(c2)CCc2cc(-c4onc(C)c4C(=O)O)ccc2-3)CC1. The van der Waals surface area contributed by atoms with E-state index in [-0.39, 0.29) is 17.3 Å². The van der Waals surface area contributed by atoms with Gasteiger partial charge in [-0.25, -0.2) is 4.79 Å². The lowest BCUT2D eigenvalue weighted by molar-refractivity contribution is -0.143. The number of carbonyl (C=O) groups excluding carboxylic acids is 1. The van der Waals surface area contributed by atoms with Crippen molar-refractivity contribution in [3.05, 3.63) is 64.3 Å². The summed E-state index contributed by atoms with van der Waals surface area (Å²) in [5.74, 6) is -0.906. The summed E-state index contributed by atoms with van der Waals surface area (Å²) in [5.41, 5.74) is 6.41. The molecule has 30 heavy (non-hydrogen) atoms. The molecule has 2 aliphatic rings. The number of ether oxygens (including phenoxy) is 1. The topological polar surface area (TPSA) is 89.6 Å². The van der Waals surface area contributed by atoms with Crippen molar-refractivity contribution < 1.29 is 24.0 Å². The Balaban J connectivity index is 1.54. The van der Waals surface area contributed by atoms with Crippen LogP contribution >= 0.6 is 0 Å². The number of hydrogen-bond acceptors (Lipinski definition) is 5. The zero-order valence-electron chi connectivity index (χ0n) is 16.8. The molecule has 2 aromatic carbocycles. The summed E-state index contributed by atoms with van der Waals surface area (Å²) < 4.78 is 10.3. The minimum Gasteiger partial charge on any atom is -0.477 e. The zero-order valence-corrected chi connectivity index (χ0v) is 16.8. The fourth-order valence-corrected chi connectivity index (χ4v) is 4.58. The monoisotopic (exact) mass is 403 g/mol. The Morgan fingerprint density at radius 1 is 1.07 bits per heavy atom. The molecule has 152 valence electrons. The molecule has 0 radical (unpaired) electrons. The molecule has 1 saturated carbocycles. The van der Waals surface area contributed by atoms with Gasteiger partial charge < -0.3 is 14.4 Å². The molecule has 0 atom stereocenters. The minimum absolute atomic E-state index is 0.105. The molecule has 1 aromatic heterocycles. The number of esters is 1. The number of aromatic nitrogens is 1. The molecule has 3 aromatic rings. The van der Waals surface area contributed by atoms with Crippen LogP contribution in [0.2, 0.25) is 0 Å². The number of carboxylic acids is 1. The summed E-state index contributed by atoms with van der Waals surface area (Å²) in [4.78, 5) is 23.8. The number of benzene rings is 2. The van der Waals surface area contributed by atoms with Crippen molar-refractivity contribution in [2.75, 3.05) is 7.11 Å². The van der Waals surface area contributed by atoms with E-state index in [9.17, 15) is 14.7 Å². The molecule has 0 spiro atoms. The smallest absolute Gasteiger partial charge is 0.341 e. The van der Waals surface area contributed by atoms with Gasteiger partial charge in [-0.05, 0) is 66.5 Å². The third-order valence-corrected chi connectivity index (χ3v) is 6.38. The van der Waals surface area contributed by atoms with Gasteiger partial charge in [-0.1, -0.05) is 35.5 Å². The van der Waals surface area contributed by atoms with Crippen molar-refractivity contribution >= 4 is 11.9 Å². The first-order chi connectivity index (χ1) is 14.4. The predicted octanol–water partition coefficient (Wildman–Crippen LogP) is 4.32. The van der Waals surface area contributed by atoms with E-state index in [0.29, 0.717) is 5.69 Å². The molecule has 1 fully saturated rings. The van der Waals surface area contributed by atoms with Gasteiger partial charge in [-0.15, -0.1) is 0 Å². The van der Waals surface area contributed by atoms with E-state index < -0.39 is 11.4 Å². The first-order valence-corrected chi connectivity index (χ1v) is 9.99. The second kappa shape index (κ2) is 6.55. The van der Waals surface area contributed by atoms with Gasteiger partial charge in [-0.3, -0.25) is 4.79 Å². The highest BCUT2D eigenvalue weighted by Crippen LogP contribution is 2.50. The van der Waals surface area contributed by atoms with Crippen LogP contribution in [0, 0.1) is 6.92 Å². The van der Waals surface area contributed by atoms with Gasteiger partial charge in [0.2, 0.25) is 0 Å². The third-order valence-electron chi connectivity index (χ3n) is 6.38. The van der Waals surface area contributed by atoms with E-state index in [1.54, 1.807) is 6.92 Å². The van der Waals surface area contributed by atoms with Crippen LogP contribution in [-0.2, 0) is 27.8 Å². The Kier molecular flexibility index (Phi) is 4.07. The largest absolute Gasteiger partial charge is 0.477 e. The lowest BCUT2D eigenvalue weighted by Gasteiger charge is -2.23. The molecule has 1 N–H and O–H groups in total. The van der Waals surface area contributed by atoms with Crippen molar-refractivity contribution in [1.29, 1.82) is 0 Å². The lowest BCUT2D eigenvalue weighted by atomic mass is 9.82. The molecular weight excluding hydrogens is 382 g/mol. The molecule has 6 nitrogen and oxygen atoms in total. The van der Waals surface area contributed by atoms with Gasteiger partial charge in [0.1, 0.15) is 5.56 Å². The maximum Gasteiger partial charge on any atom is 0.341 e. The first kappa shape index (κ1) is 18.6. The summed E-state index contributed by atoms with van der Waals surface area (Å²) in [6, 6.07) is 12.2. The average Bonchev–Trinajstić information content (AvgIpc) is 3.48. The maximum absolute atomic E-state index is 12.2. The molecule has 5 rings (SSSR count). The number of fused-ring (bicyclic) bond motifs is 3. The highest BCUT2D eigenvalue weighted by atomic mass is 16.5. The fraction of sp³-hybridized carbons (Fsp3) is 0.292. The number of aromatic carboxylic acids is 1. The second-order valence-corrected chi connectivity index (χ2v) is 8.09. The Bertz CT molecular complexity index is 1200. The number of methoxy groups -OCH3 is 1. The van der Waals surface area contributed by atoms with Gasteiger partial charge in [0.25, 0.3) is 0 Å². The number of carboxylic acid groups (broad SMARTS) is 1. The number of nitrogens with zero attached hydrogens (tertiary/aromatic N) is 1. The summed E-state index contributed by atoms with van der Waals surface area (Å²) in [6.07, 6.45) is 3.36. The third kappa shape index (κ3) is 2.67. The van der Waals surface area contributed by atoms with E-state index in [4.69, 9.17) is 9.26 Å². The van der Waals surface area contributed by atoms with Crippen LogP contribution in [-0.4, -0.2) is 29.3 Å². The van der Waals surface area contributed by atoms with Gasteiger partial charge in [0, 0.05) is 5.56 Å². The molecule has 0 bridgehead atoms. The molecule has 6 heteroatoms. The van der Waals surface area contributed by atoms with Gasteiger partial charge in [0.05, 0.1) is 18.2 Å². The number of carbonyl (C=O) groups is 2. The van der Waals surface area contributed by atoms with Crippen LogP contribution in [0.4, 0.5) is 0 Å². The van der Waals surface area contributed by atoms with Crippen molar-refractivity contribution in [2.45, 2.75) is 38.0 Å². The summed E-state index contributed by atoms with van der Waals surface area (Å²) in [7, 11) is 1.44. The quantitative estimate of drug-likeness (QED) is 0.653. The van der Waals surface area contributed by atoms with E-state index >= 15 is 0 Å². The minimum atomic E-state index is -1.04. The van der Waals surface area contributed by atoms with Crippen molar-refractivity contribution in [3.63, 3.8) is 0 Å². The Morgan fingerprint density at radius 2 is 1.73 bits per heavy atom. The van der Waals surface area contributed by atoms with Gasteiger partial charge in [-0.2, -0.15) is 0 Å². The fourth-order valence-electron chi connectivity index (χ4n) is 4.58. The summed E-state index contributed by atoms with van der Waals surface area (Å²) >= 11 is 0. The Labute approximate surface area is 173 Å². The molecule has 0 saturated heterocycles. The summed E-state index contributed by atoms with van der Waals surface area (Å²) in [5, 5.41) is 13.3. The van der Waals surface area contributed by atoms with Crippen molar-refractivity contribution in [1.82, 2.24) is 5.16 Å². The van der Waals surface area contributed by atoms with E-state index in [1.165, 1.54) is 12.7 Å². The normalized spacial score (nSPS) is 15.8. The lowest BCUT2D eigenvalue weighted by Crippen LogP contribution is -2.22. The molecule has 2 aliphatic carbocycles. The van der Waals surface area contributed by atoms with E-state index in [0.717, 1.165) is 53.5 Å². The Hall–Kier alpha value is -3.41. The Morgan fingerprint density at radius 3 is 2.37 bits per heavy atom. The van der Waals surface area contributed by atoms with E-state index in [1.807, 2.05) is 24.3 Å².